The van der Waals surface area contributed by atoms with E-state index >= 15 is 0 Å². The van der Waals surface area contributed by atoms with Gasteiger partial charge in [0.25, 0.3) is 5.91 Å². The minimum atomic E-state index is -1.25. The molecule has 2 aliphatic heterocycles. The summed E-state index contributed by atoms with van der Waals surface area (Å²) in [5.41, 5.74) is 0.425. The Morgan fingerprint density at radius 3 is 2.61 bits per heavy atom. The number of carbonyl (C=O) groups excluding carboxylic acids is 3. The van der Waals surface area contributed by atoms with Gasteiger partial charge in [-0.1, -0.05) is 40.9 Å². The van der Waals surface area contributed by atoms with Crippen LogP contribution in [0, 0.1) is 0 Å². The molecule has 3 aliphatic rings. The number of hydrogen-bond donors (Lipinski definition) is 2. The zero-order valence-corrected chi connectivity index (χ0v) is 22.8. The number of carbonyl (C=O) groups is 4. The number of halogens is 1. The topological polar surface area (TPSA) is 113 Å². The number of thioether (sulfide) groups is 1. The van der Waals surface area contributed by atoms with E-state index in [-0.39, 0.29) is 47.8 Å². The number of rotatable bonds is 6. The quantitative estimate of drug-likeness (QED) is 0.320. The molecular formula is C22H23BrN2NaO6S. The van der Waals surface area contributed by atoms with Gasteiger partial charge in [0, 0.05) is 52.3 Å². The molecule has 11 heteroatoms. The molecule has 1 radical (unpaired) electrons. The number of carboxylic acid groups (broad SMARTS) is 1. The van der Waals surface area contributed by atoms with Gasteiger partial charge in [0.1, 0.15) is 23.7 Å². The zero-order valence-electron chi connectivity index (χ0n) is 18.4. The van der Waals surface area contributed by atoms with E-state index in [1.54, 1.807) is 0 Å². The van der Waals surface area contributed by atoms with Crippen LogP contribution < -0.4 is 5.32 Å². The molecule has 2 atom stereocenters. The van der Waals surface area contributed by atoms with E-state index in [9.17, 15) is 24.3 Å². The van der Waals surface area contributed by atoms with E-state index < -0.39 is 34.7 Å². The van der Waals surface area contributed by atoms with E-state index in [2.05, 4.69) is 21.2 Å². The van der Waals surface area contributed by atoms with Crippen molar-refractivity contribution in [2.45, 2.75) is 49.4 Å². The van der Waals surface area contributed by atoms with Gasteiger partial charge in [0.05, 0.1) is 5.41 Å². The van der Waals surface area contributed by atoms with Gasteiger partial charge in [-0.25, -0.2) is 4.79 Å². The maximum atomic E-state index is 13.5. The number of nitrogens with one attached hydrogen (secondary N) is 1. The second-order valence-corrected chi connectivity index (χ2v) is 10.2. The Hall–Kier alpha value is -1.33. The Bertz CT molecular complexity index is 1030. The second kappa shape index (κ2) is 10.5. The van der Waals surface area contributed by atoms with Crippen LogP contribution in [-0.2, 0) is 29.3 Å². The van der Waals surface area contributed by atoms with E-state index in [0.717, 1.165) is 22.9 Å². The normalized spacial score (nSPS) is 23.2. The van der Waals surface area contributed by atoms with Gasteiger partial charge in [-0.05, 0) is 30.5 Å². The Kier molecular flexibility index (Phi) is 8.37. The van der Waals surface area contributed by atoms with Crippen LogP contribution in [0.1, 0.15) is 38.2 Å². The smallest absolute Gasteiger partial charge is 0.352 e. The van der Waals surface area contributed by atoms with Crippen LogP contribution in [0.15, 0.2) is 40.0 Å². The number of hydrogen-bond acceptors (Lipinski definition) is 6. The molecule has 0 spiro atoms. The van der Waals surface area contributed by atoms with Gasteiger partial charge >= 0.3 is 11.9 Å². The molecule has 2 N–H and O–H groups in total. The van der Waals surface area contributed by atoms with Crippen LogP contribution in [0.5, 0.6) is 0 Å². The summed E-state index contributed by atoms with van der Waals surface area (Å²) in [6.45, 7) is 1.06. The fourth-order valence-electron chi connectivity index (χ4n) is 4.67. The minimum absolute atomic E-state index is 0. The van der Waals surface area contributed by atoms with Crippen molar-refractivity contribution in [3.05, 3.63) is 45.6 Å². The summed E-state index contributed by atoms with van der Waals surface area (Å²) in [6, 6.07) is 6.90. The van der Waals surface area contributed by atoms with E-state index in [1.807, 2.05) is 24.3 Å². The molecule has 1 aliphatic carbocycles. The van der Waals surface area contributed by atoms with Crippen LogP contribution in [0.3, 0.4) is 0 Å². The molecular weight excluding hydrogens is 523 g/mol. The first-order valence-corrected chi connectivity index (χ1v) is 12.2. The minimum Gasteiger partial charge on any atom is -0.477 e. The molecule has 0 bridgehead atoms. The van der Waals surface area contributed by atoms with Crippen molar-refractivity contribution in [3.63, 3.8) is 0 Å². The summed E-state index contributed by atoms with van der Waals surface area (Å²) in [7, 11) is 0. The monoisotopic (exact) mass is 545 g/mol. The largest absolute Gasteiger partial charge is 0.477 e. The molecule has 171 valence electrons. The third-order valence-corrected chi connectivity index (χ3v) is 8.09. The van der Waals surface area contributed by atoms with Gasteiger partial charge in [0.2, 0.25) is 5.91 Å². The maximum absolute atomic E-state index is 13.5. The number of carboxylic acids is 1. The second-order valence-electron chi connectivity index (χ2n) is 8.20. The molecule has 1 aromatic rings. The third-order valence-electron chi connectivity index (χ3n) is 6.26. The first-order chi connectivity index (χ1) is 15.2. The summed E-state index contributed by atoms with van der Waals surface area (Å²) in [4.78, 5) is 50.6. The van der Waals surface area contributed by atoms with E-state index in [4.69, 9.17) is 4.74 Å². The van der Waals surface area contributed by atoms with Gasteiger partial charge in [0.15, 0.2) is 0 Å². The summed E-state index contributed by atoms with van der Waals surface area (Å²) in [5.74, 6) is -2.14. The van der Waals surface area contributed by atoms with Crippen molar-refractivity contribution >= 4 is 81.0 Å². The molecule has 2 fully saturated rings. The number of aliphatic carboxylic acids is 1. The molecule has 1 aromatic carbocycles. The molecule has 0 unspecified atom stereocenters. The Labute approximate surface area is 226 Å². The SMILES string of the molecule is CC(=O)OCC1=C(C(=O)O)N2C(=O)[C@@H](NC(=O)C3(c4cccc(Br)c4)CCCC3)[C@H]2SC1.[Na]. The van der Waals surface area contributed by atoms with Crippen molar-refractivity contribution in [2.75, 3.05) is 12.4 Å². The number of amides is 2. The first-order valence-electron chi connectivity index (χ1n) is 10.3. The van der Waals surface area contributed by atoms with Crippen LogP contribution >= 0.6 is 27.7 Å². The van der Waals surface area contributed by atoms with Crippen LogP contribution in [0.2, 0.25) is 0 Å². The molecule has 8 nitrogen and oxygen atoms in total. The summed E-state index contributed by atoms with van der Waals surface area (Å²) in [6.07, 6.45) is 3.25. The van der Waals surface area contributed by atoms with Crippen LogP contribution in [-0.4, -0.2) is 87.1 Å². The van der Waals surface area contributed by atoms with Crippen molar-refractivity contribution in [1.29, 1.82) is 0 Å². The van der Waals surface area contributed by atoms with Crippen LogP contribution in [0.25, 0.3) is 0 Å². The van der Waals surface area contributed by atoms with Crippen molar-refractivity contribution in [3.8, 4) is 0 Å². The van der Waals surface area contributed by atoms with Crippen molar-refractivity contribution < 1.29 is 29.0 Å². The standard InChI is InChI=1S/C22H23BrN2O6S.Na/c1-12(26)31-10-13-11-32-19-16(18(27)25(19)17(13)20(28)29)24-21(30)22(7-2-3-8-22)14-5-4-6-15(23)9-14;/h4-6,9,16,19H,2-3,7-8,10-11H2,1H3,(H,24,30)(H,28,29);/t16-,19-;/m1./s1. The van der Waals surface area contributed by atoms with Gasteiger partial charge in [-0.3, -0.25) is 19.3 Å². The van der Waals surface area contributed by atoms with Gasteiger partial charge in [-0.2, -0.15) is 0 Å². The number of esters is 1. The summed E-state index contributed by atoms with van der Waals surface area (Å²) >= 11 is 4.83. The Morgan fingerprint density at radius 2 is 2.00 bits per heavy atom. The number of β-lactam (4-membered cyclic amide) rings is 1. The van der Waals surface area contributed by atoms with E-state index in [0.29, 0.717) is 24.2 Å². The zero-order chi connectivity index (χ0) is 23.0. The Morgan fingerprint density at radius 1 is 1.30 bits per heavy atom. The summed E-state index contributed by atoms with van der Waals surface area (Å²) < 4.78 is 5.84. The molecule has 0 aromatic heterocycles. The number of fused-ring (bicyclic) bond motifs is 1. The average molecular weight is 546 g/mol. The molecule has 2 heterocycles. The van der Waals surface area contributed by atoms with Gasteiger partial charge in [-0.15, -0.1) is 11.8 Å². The number of benzene rings is 1. The molecule has 33 heavy (non-hydrogen) atoms. The predicted octanol–water partition coefficient (Wildman–Crippen LogP) is 2.18. The number of ether oxygens (including phenoxy) is 1. The van der Waals surface area contributed by atoms with Gasteiger partial charge < -0.3 is 15.2 Å². The fraction of sp³-hybridized carbons (Fsp3) is 0.455. The Balaban J connectivity index is 0.00000306. The maximum Gasteiger partial charge on any atom is 0.352 e. The predicted molar refractivity (Wildman–Crippen MR) is 126 cm³/mol. The number of nitrogens with zero attached hydrogens (tertiary/aromatic N) is 1. The van der Waals surface area contributed by atoms with Crippen molar-refractivity contribution in [2.24, 2.45) is 0 Å². The van der Waals surface area contributed by atoms with Crippen LogP contribution in [0.4, 0.5) is 0 Å². The van der Waals surface area contributed by atoms with E-state index in [1.165, 1.54) is 23.6 Å². The molecule has 2 amide bonds. The fourth-order valence-corrected chi connectivity index (χ4v) is 6.40. The third kappa shape index (κ3) is 4.91. The average Bonchev–Trinajstić information content (AvgIpc) is 3.26. The molecule has 4 rings (SSSR count). The van der Waals surface area contributed by atoms with Crippen molar-refractivity contribution in [1.82, 2.24) is 10.2 Å². The molecule has 1 saturated heterocycles. The molecule has 1 saturated carbocycles. The summed E-state index contributed by atoms with van der Waals surface area (Å²) in [5, 5.41) is 12.1. The first kappa shape index (κ1) is 26.3.